The van der Waals surface area contributed by atoms with Gasteiger partial charge in [0.25, 0.3) is 0 Å². The van der Waals surface area contributed by atoms with Gasteiger partial charge >= 0.3 is 0 Å². The molecule has 2 heterocycles. The van der Waals surface area contributed by atoms with E-state index < -0.39 is 0 Å². The maximum absolute atomic E-state index is 12.6. The normalized spacial score (nSPS) is 17.4. The quantitative estimate of drug-likeness (QED) is 0.852. The number of carbonyl (C=O) groups excluding carboxylic acids is 1. The monoisotopic (exact) mass is 272 g/mol. The number of hydrogen-bond donors (Lipinski definition) is 1. The van der Waals surface area contributed by atoms with Crippen LogP contribution < -0.4 is 5.73 Å². The van der Waals surface area contributed by atoms with E-state index >= 15 is 0 Å². The van der Waals surface area contributed by atoms with E-state index in [0.29, 0.717) is 5.69 Å². The maximum atomic E-state index is 12.6. The molecule has 1 aliphatic heterocycles. The van der Waals surface area contributed by atoms with Crippen molar-refractivity contribution >= 4 is 22.5 Å². The van der Waals surface area contributed by atoms with Crippen molar-refractivity contribution in [3.63, 3.8) is 0 Å². The molecule has 1 aromatic heterocycles. The van der Waals surface area contributed by atoms with Gasteiger partial charge in [0.2, 0.25) is 5.91 Å². The summed E-state index contributed by atoms with van der Waals surface area (Å²) in [6.45, 7) is 3.64. The molecule has 5 heteroatoms. The molecule has 1 amide bonds. The topological polar surface area (TPSA) is 64.2 Å². The first kappa shape index (κ1) is 13.0. The maximum Gasteiger partial charge on any atom is 0.247 e. The zero-order valence-corrected chi connectivity index (χ0v) is 11.7. The number of nitrogens with two attached hydrogens (primary N) is 1. The van der Waals surface area contributed by atoms with Crippen LogP contribution in [0.5, 0.6) is 0 Å². The Labute approximate surface area is 118 Å². The average Bonchev–Trinajstić information content (AvgIpc) is 2.89. The molecule has 2 N–H and O–H groups in total. The average molecular weight is 272 g/mol. The minimum Gasteiger partial charge on any atom is -0.399 e. The van der Waals surface area contributed by atoms with Crippen LogP contribution in [-0.4, -0.2) is 33.7 Å². The smallest absolute Gasteiger partial charge is 0.247 e. The second kappa shape index (κ2) is 5.15. The van der Waals surface area contributed by atoms with Crippen LogP contribution in [0, 0.1) is 0 Å². The minimum absolute atomic E-state index is 0.150. The first-order chi connectivity index (χ1) is 9.66. The Hall–Kier alpha value is -2.04. The number of aromatic nitrogens is 2. The Morgan fingerprint density at radius 1 is 1.30 bits per heavy atom. The number of hydrogen-bond acceptors (Lipinski definition) is 3. The van der Waals surface area contributed by atoms with Crippen LogP contribution in [0.2, 0.25) is 0 Å². The molecule has 1 saturated heterocycles. The highest BCUT2D eigenvalue weighted by atomic mass is 16.2. The number of likely N-dealkylation sites (tertiary alicyclic amines) is 1. The Morgan fingerprint density at radius 2 is 2.05 bits per heavy atom. The molecular formula is C15H20N4O. The molecule has 1 atom stereocenters. The lowest BCUT2D eigenvalue weighted by Gasteiger charge is -2.29. The summed E-state index contributed by atoms with van der Waals surface area (Å²) in [6.07, 6.45) is 5.21. The first-order valence-corrected chi connectivity index (χ1v) is 7.18. The predicted molar refractivity (Wildman–Crippen MR) is 79.3 cm³/mol. The summed E-state index contributed by atoms with van der Waals surface area (Å²) in [5.41, 5.74) is 7.45. The van der Waals surface area contributed by atoms with Gasteiger partial charge in [0.05, 0.1) is 11.7 Å². The van der Waals surface area contributed by atoms with E-state index in [9.17, 15) is 4.79 Å². The second-order valence-electron chi connectivity index (χ2n) is 5.47. The molecule has 0 aliphatic carbocycles. The number of nitrogens with zero attached hydrogens (tertiary/aromatic N) is 3. The largest absolute Gasteiger partial charge is 0.399 e. The summed E-state index contributed by atoms with van der Waals surface area (Å²) in [5.74, 6) is 0.150. The van der Waals surface area contributed by atoms with E-state index in [0.717, 1.165) is 36.8 Å². The van der Waals surface area contributed by atoms with Gasteiger partial charge in [0.1, 0.15) is 6.04 Å². The van der Waals surface area contributed by atoms with Gasteiger partial charge in [0, 0.05) is 24.2 Å². The van der Waals surface area contributed by atoms with Crippen LogP contribution in [0.15, 0.2) is 24.4 Å². The third-order valence-corrected chi connectivity index (χ3v) is 4.01. The summed E-state index contributed by atoms with van der Waals surface area (Å²) in [6, 6.07) is 5.38. The summed E-state index contributed by atoms with van der Waals surface area (Å²) in [5, 5.41) is 5.38. The second-order valence-corrected chi connectivity index (χ2v) is 5.47. The molecule has 1 aromatic carbocycles. The fourth-order valence-corrected chi connectivity index (χ4v) is 2.85. The highest BCUT2D eigenvalue weighted by molar-refractivity contribution is 5.86. The molecule has 2 aromatic rings. The number of piperidine rings is 1. The molecule has 1 unspecified atom stereocenters. The van der Waals surface area contributed by atoms with Gasteiger partial charge in [-0.1, -0.05) is 0 Å². The number of fused-ring (bicyclic) bond motifs is 1. The van der Waals surface area contributed by atoms with E-state index in [4.69, 9.17) is 5.73 Å². The number of nitrogen functional groups attached to an aromatic ring is 1. The van der Waals surface area contributed by atoms with Gasteiger partial charge in [-0.15, -0.1) is 0 Å². The van der Waals surface area contributed by atoms with E-state index in [1.807, 2.05) is 30.0 Å². The lowest BCUT2D eigenvalue weighted by atomic mass is 10.1. The van der Waals surface area contributed by atoms with Crippen molar-refractivity contribution in [2.75, 3.05) is 18.8 Å². The molecule has 0 spiro atoms. The first-order valence-electron chi connectivity index (χ1n) is 7.18. The molecule has 0 bridgehead atoms. The van der Waals surface area contributed by atoms with E-state index in [1.54, 1.807) is 10.9 Å². The standard InChI is InChI=1S/C15H20N4O/c1-11(15(20)18-7-3-2-4-8-18)19-14-9-13(16)6-5-12(14)10-17-19/h5-6,9-11H,2-4,7-8,16H2,1H3. The fraction of sp³-hybridized carbons (Fsp3) is 0.467. The summed E-state index contributed by atoms with van der Waals surface area (Å²) >= 11 is 0. The summed E-state index contributed by atoms with van der Waals surface area (Å²) in [4.78, 5) is 14.5. The van der Waals surface area contributed by atoms with Crippen molar-refractivity contribution in [2.45, 2.75) is 32.2 Å². The Balaban J connectivity index is 1.89. The third-order valence-electron chi connectivity index (χ3n) is 4.01. The Morgan fingerprint density at radius 3 is 2.80 bits per heavy atom. The van der Waals surface area contributed by atoms with E-state index in [2.05, 4.69) is 5.10 Å². The molecular weight excluding hydrogens is 252 g/mol. The van der Waals surface area contributed by atoms with Crippen molar-refractivity contribution in [3.05, 3.63) is 24.4 Å². The van der Waals surface area contributed by atoms with Gasteiger partial charge in [-0.2, -0.15) is 5.10 Å². The minimum atomic E-state index is -0.285. The van der Waals surface area contributed by atoms with Crippen molar-refractivity contribution in [1.29, 1.82) is 0 Å². The van der Waals surface area contributed by atoms with Gasteiger partial charge in [-0.3, -0.25) is 9.48 Å². The number of carbonyl (C=O) groups is 1. The molecule has 1 fully saturated rings. The van der Waals surface area contributed by atoms with Gasteiger partial charge in [0.15, 0.2) is 0 Å². The van der Waals surface area contributed by atoms with Crippen molar-refractivity contribution in [2.24, 2.45) is 0 Å². The highest BCUT2D eigenvalue weighted by Gasteiger charge is 2.24. The molecule has 20 heavy (non-hydrogen) atoms. The molecule has 0 radical (unpaired) electrons. The molecule has 1 aliphatic rings. The van der Waals surface area contributed by atoms with Gasteiger partial charge in [-0.25, -0.2) is 0 Å². The van der Waals surface area contributed by atoms with Crippen LogP contribution in [0.4, 0.5) is 5.69 Å². The Kier molecular flexibility index (Phi) is 3.34. The zero-order chi connectivity index (χ0) is 14.1. The van der Waals surface area contributed by atoms with Crippen molar-refractivity contribution < 1.29 is 4.79 Å². The van der Waals surface area contributed by atoms with Gasteiger partial charge in [-0.05, 0) is 44.4 Å². The predicted octanol–water partition coefficient (Wildman–Crippen LogP) is 2.19. The lowest BCUT2D eigenvalue weighted by Crippen LogP contribution is -2.39. The summed E-state index contributed by atoms with van der Waals surface area (Å²) < 4.78 is 1.78. The van der Waals surface area contributed by atoms with Crippen molar-refractivity contribution in [3.8, 4) is 0 Å². The number of amides is 1. The lowest BCUT2D eigenvalue weighted by molar-refractivity contribution is -0.135. The number of benzene rings is 1. The zero-order valence-electron chi connectivity index (χ0n) is 11.7. The van der Waals surface area contributed by atoms with E-state index in [-0.39, 0.29) is 11.9 Å². The van der Waals surface area contributed by atoms with Crippen LogP contribution >= 0.6 is 0 Å². The molecule has 5 nitrogen and oxygen atoms in total. The molecule has 106 valence electrons. The highest BCUT2D eigenvalue weighted by Crippen LogP contribution is 2.22. The van der Waals surface area contributed by atoms with E-state index in [1.165, 1.54) is 6.42 Å². The molecule has 0 saturated carbocycles. The van der Waals surface area contributed by atoms with Crippen LogP contribution in [0.25, 0.3) is 10.9 Å². The SMILES string of the molecule is CC(C(=O)N1CCCCC1)n1ncc2ccc(N)cc21. The van der Waals surface area contributed by atoms with Gasteiger partial charge < -0.3 is 10.6 Å². The van der Waals surface area contributed by atoms with Crippen LogP contribution in [0.1, 0.15) is 32.2 Å². The Bertz CT molecular complexity index is 628. The number of anilines is 1. The molecule has 3 rings (SSSR count). The number of rotatable bonds is 2. The third kappa shape index (κ3) is 2.24. The van der Waals surface area contributed by atoms with Crippen molar-refractivity contribution in [1.82, 2.24) is 14.7 Å². The summed E-state index contributed by atoms with van der Waals surface area (Å²) in [7, 11) is 0. The van der Waals surface area contributed by atoms with Crippen LogP contribution in [-0.2, 0) is 4.79 Å². The fourth-order valence-electron chi connectivity index (χ4n) is 2.85. The van der Waals surface area contributed by atoms with Crippen LogP contribution in [0.3, 0.4) is 0 Å².